The summed E-state index contributed by atoms with van der Waals surface area (Å²) in [6.07, 6.45) is 1.57. The monoisotopic (exact) mass is 246 g/mol. The molecule has 0 fully saturated rings. The van der Waals surface area contributed by atoms with Crippen molar-refractivity contribution >= 4 is 5.97 Å². The van der Waals surface area contributed by atoms with Crippen molar-refractivity contribution in [1.29, 1.82) is 0 Å². The first kappa shape index (κ1) is 12.2. The third kappa shape index (κ3) is 2.09. The Hall–Kier alpha value is -2.24. The van der Waals surface area contributed by atoms with Gasteiger partial charge in [-0.2, -0.15) is 5.10 Å². The molecule has 0 saturated heterocycles. The molecule has 0 aliphatic rings. The molecule has 18 heavy (non-hydrogen) atoms. The number of aromatic nitrogens is 4. The summed E-state index contributed by atoms with van der Waals surface area (Å²) >= 11 is 0. The number of hydrogen-bond acceptors (Lipinski definition) is 5. The van der Waals surface area contributed by atoms with E-state index in [0.29, 0.717) is 17.1 Å². The molecule has 0 bridgehead atoms. The lowest BCUT2D eigenvalue weighted by molar-refractivity contribution is 0.0589. The lowest BCUT2D eigenvalue weighted by Gasteiger charge is -2.04. The van der Waals surface area contributed by atoms with Crippen LogP contribution < -0.4 is 0 Å². The SMILES string of the molecule is COC(=O)c1c(-c2nc(C)cc(C)n2)cnn1C. The minimum Gasteiger partial charge on any atom is -0.464 e. The third-order valence-corrected chi connectivity index (χ3v) is 2.54. The topological polar surface area (TPSA) is 69.9 Å². The first-order valence-corrected chi connectivity index (χ1v) is 5.46. The quantitative estimate of drug-likeness (QED) is 0.746. The molecule has 2 rings (SSSR count). The zero-order chi connectivity index (χ0) is 13.3. The Morgan fingerprint density at radius 1 is 1.28 bits per heavy atom. The Bertz CT molecular complexity index is 584. The summed E-state index contributed by atoms with van der Waals surface area (Å²) in [6, 6.07) is 1.87. The maximum atomic E-state index is 11.7. The number of carbonyl (C=O) groups is 1. The van der Waals surface area contributed by atoms with Gasteiger partial charge < -0.3 is 4.74 Å². The van der Waals surface area contributed by atoms with Gasteiger partial charge in [0.1, 0.15) is 0 Å². The second-order valence-electron chi connectivity index (χ2n) is 4.00. The van der Waals surface area contributed by atoms with Crippen LogP contribution >= 0.6 is 0 Å². The van der Waals surface area contributed by atoms with Crippen LogP contribution in [0.1, 0.15) is 21.9 Å². The predicted octanol–water partition coefficient (Wildman–Crippen LogP) is 1.28. The fraction of sp³-hybridized carbons (Fsp3) is 0.333. The van der Waals surface area contributed by atoms with E-state index in [4.69, 9.17) is 4.74 Å². The van der Waals surface area contributed by atoms with Crippen molar-refractivity contribution in [2.45, 2.75) is 13.8 Å². The highest BCUT2D eigenvalue weighted by atomic mass is 16.5. The van der Waals surface area contributed by atoms with Crippen LogP contribution in [0, 0.1) is 13.8 Å². The van der Waals surface area contributed by atoms with Gasteiger partial charge in [0.25, 0.3) is 0 Å². The molecule has 6 nitrogen and oxygen atoms in total. The van der Waals surface area contributed by atoms with Crippen LogP contribution in [0.4, 0.5) is 0 Å². The smallest absolute Gasteiger partial charge is 0.357 e. The van der Waals surface area contributed by atoms with E-state index >= 15 is 0 Å². The second kappa shape index (κ2) is 4.56. The van der Waals surface area contributed by atoms with Crippen molar-refractivity contribution in [3.63, 3.8) is 0 Å². The molecule has 2 heterocycles. The molecule has 94 valence electrons. The number of aryl methyl sites for hydroxylation is 3. The van der Waals surface area contributed by atoms with Crippen molar-refractivity contribution in [3.05, 3.63) is 29.3 Å². The second-order valence-corrected chi connectivity index (χ2v) is 4.00. The van der Waals surface area contributed by atoms with Crippen LogP contribution in [0.5, 0.6) is 0 Å². The molecule has 0 unspecified atom stereocenters. The van der Waals surface area contributed by atoms with Gasteiger partial charge in [0.2, 0.25) is 0 Å². The van der Waals surface area contributed by atoms with Crippen molar-refractivity contribution in [3.8, 4) is 11.4 Å². The first-order valence-electron chi connectivity index (χ1n) is 5.46. The maximum Gasteiger partial charge on any atom is 0.357 e. The van der Waals surface area contributed by atoms with Gasteiger partial charge in [-0.3, -0.25) is 4.68 Å². The van der Waals surface area contributed by atoms with Crippen LogP contribution in [0.25, 0.3) is 11.4 Å². The molecule has 0 atom stereocenters. The van der Waals surface area contributed by atoms with Gasteiger partial charge in [-0.1, -0.05) is 0 Å². The van der Waals surface area contributed by atoms with Crippen molar-refractivity contribution in [1.82, 2.24) is 19.7 Å². The average Bonchev–Trinajstić information content (AvgIpc) is 2.69. The summed E-state index contributed by atoms with van der Waals surface area (Å²) in [6.45, 7) is 3.76. The summed E-state index contributed by atoms with van der Waals surface area (Å²) in [5.41, 5.74) is 2.62. The molecule has 0 aliphatic heterocycles. The van der Waals surface area contributed by atoms with E-state index in [2.05, 4.69) is 15.1 Å². The van der Waals surface area contributed by atoms with Crippen LogP contribution in [-0.4, -0.2) is 32.8 Å². The molecule has 0 radical (unpaired) electrons. The number of methoxy groups -OCH3 is 1. The molecule has 0 spiro atoms. The summed E-state index contributed by atoms with van der Waals surface area (Å²) in [4.78, 5) is 20.4. The highest BCUT2D eigenvalue weighted by Crippen LogP contribution is 2.20. The molecule has 0 aliphatic carbocycles. The third-order valence-electron chi connectivity index (χ3n) is 2.54. The number of rotatable bonds is 2. The van der Waals surface area contributed by atoms with Gasteiger partial charge in [0, 0.05) is 18.4 Å². The molecule has 6 heteroatoms. The Labute approximate surface area is 105 Å². The average molecular weight is 246 g/mol. The molecule has 2 aromatic heterocycles. The van der Waals surface area contributed by atoms with Gasteiger partial charge in [0.15, 0.2) is 11.5 Å². The van der Waals surface area contributed by atoms with Crippen LogP contribution in [0.2, 0.25) is 0 Å². The van der Waals surface area contributed by atoms with Crippen molar-refractivity contribution < 1.29 is 9.53 Å². The van der Waals surface area contributed by atoms with Gasteiger partial charge in [0.05, 0.1) is 18.9 Å². The molecule has 0 N–H and O–H groups in total. The van der Waals surface area contributed by atoms with E-state index in [9.17, 15) is 4.79 Å². The minimum absolute atomic E-state index is 0.350. The molecule has 2 aromatic rings. The summed E-state index contributed by atoms with van der Waals surface area (Å²) in [7, 11) is 3.01. The lowest BCUT2D eigenvalue weighted by atomic mass is 10.2. The number of ether oxygens (including phenoxy) is 1. The minimum atomic E-state index is -0.451. The van der Waals surface area contributed by atoms with Crippen molar-refractivity contribution in [2.24, 2.45) is 7.05 Å². The zero-order valence-corrected chi connectivity index (χ0v) is 10.8. The fourth-order valence-electron chi connectivity index (χ4n) is 1.79. The van der Waals surface area contributed by atoms with Crippen LogP contribution in [0.15, 0.2) is 12.3 Å². The van der Waals surface area contributed by atoms with E-state index in [-0.39, 0.29) is 0 Å². The lowest BCUT2D eigenvalue weighted by Crippen LogP contribution is -2.10. The van der Waals surface area contributed by atoms with Gasteiger partial charge in [-0.25, -0.2) is 14.8 Å². The molecular formula is C12H14N4O2. The van der Waals surface area contributed by atoms with E-state index in [1.54, 1.807) is 13.2 Å². The highest BCUT2D eigenvalue weighted by molar-refractivity contribution is 5.94. The largest absolute Gasteiger partial charge is 0.464 e. The molecule has 0 amide bonds. The number of nitrogens with zero attached hydrogens (tertiary/aromatic N) is 4. The fourth-order valence-corrected chi connectivity index (χ4v) is 1.79. The van der Waals surface area contributed by atoms with E-state index in [1.807, 2.05) is 19.9 Å². The molecule has 0 aromatic carbocycles. The van der Waals surface area contributed by atoms with E-state index in [1.165, 1.54) is 11.8 Å². The van der Waals surface area contributed by atoms with Gasteiger partial charge in [-0.15, -0.1) is 0 Å². The number of hydrogen-bond donors (Lipinski definition) is 0. The van der Waals surface area contributed by atoms with Crippen LogP contribution in [-0.2, 0) is 11.8 Å². The zero-order valence-electron chi connectivity index (χ0n) is 10.8. The Kier molecular flexibility index (Phi) is 3.10. The van der Waals surface area contributed by atoms with E-state index in [0.717, 1.165) is 11.4 Å². The normalized spacial score (nSPS) is 10.4. The molecule has 0 saturated carbocycles. The standard InChI is InChI=1S/C12H14N4O2/c1-7-5-8(2)15-11(14-7)9-6-13-16(3)10(9)12(17)18-4/h5-6H,1-4H3. The number of carbonyl (C=O) groups excluding carboxylic acids is 1. The Morgan fingerprint density at radius 2 is 1.89 bits per heavy atom. The van der Waals surface area contributed by atoms with Gasteiger partial charge >= 0.3 is 5.97 Å². The van der Waals surface area contributed by atoms with Crippen molar-refractivity contribution in [2.75, 3.05) is 7.11 Å². The van der Waals surface area contributed by atoms with Crippen LogP contribution in [0.3, 0.4) is 0 Å². The Morgan fingerprint density at radius 3 is 2.44 bits per heavy atom. The number of esters is 1. The first-order chi connectivity index (χ1) is 8.52. The Balaban J connectivity index is 2.61. The summed E-state index contributed by atoms with van der Waals surface area (Å²) < 4.78 is 6.20. The maximum absolute atomic E-state index is 11.7. The summed E-state index contributed by atoms with van der Waals surface area (Å²) in [5.74, 6) is 0.0359. The van der Waals surface area contributed by atoms with E-state index < -0.39 is 5.97 Å². The highest BCUT2D eigenvalue weighted by Gasteiger charge is 2.20. The molecular weight excluding hydrogens is 232 g/mol. The predicted molar refractivity (Wildman–Crippen MR) is 65.0 cm³/mol. The van der Waals surface area contributed by atoms with Gasteiger partial charge in [-0.05, 0) is 19.9 Å². The summed E-state index contributed by atoms with van der Waals surface area (Å²) in [5, 5.41) is 4.06.